The van der Waals surface area contributed by atoms with E-state index in [0.29, 0.717) is 11.6 Å². The molecule has 2 aromatic rings. The summed E-state index contributed by atoms with van der Waals surface area (Å²) in [5.74, 6) is 0.000187. The first-order valence-corrected chi connectivity index (χ1v) is 10.1. The monoisotopic (exact) mass is 437 g/mol. The van der Waals surface area contributed by atoms with Crippen LogP contribution in [0.25, 0.3) is 6.08 Å². The molecule has 1 aliphatic rings. The minimum atomic E-state index is -0.412. The third kappa shape index (κ3) is 4.13. The lowest BCUT2D eigenvalue weighted by Crippen LogP contribution is -2.45. The minimum Gasteiger partial charge on any atom is -0.369 e. The summed E-state index contributed by atoms with van der Waals surface area (Å²) in [6, 6.07) is 15.5. The van der Waals surface area contributed by atoms with Gasteiger partial charge in [-0.05, 0) is 73.7 Å². The molecule has 3 rings (SSSR count). The molecule has 0 fully saturated rings. The van der Waals surface area contributed by atoms with E-state index in [9.17, 15) is 10.1 Å². The second kappa shape index (κ2) is 7.81. The first-order chi connectivity index (χ1) is 13.2. The van der Waals surface area contributed by atoms with Gasteiger partial charge >= 0.3 is 0 Å². The Morgan fingerprint density at radius 2 is 2.07 bits per heavy atom. The first-order valence-electron chi connectivity index (χ1n) is 9.28. The number of anilines is 2. The van der Waals surface area contributed by atoms with Gasteiger partial charge < -0.3 is 10.2 Å². The van der Waals surface area contributed by atoms with Crippen molar-refractivity contribution in [2.75, 3.05) is 17.3 Å². The molecule has 0 radical (unpaired) electrons. The number of amides is 1. The molecule has 1 atom stereocenters. The lowest BCUT2D eigenvalue weighted by Gasteiger charge is -2.45. The molecule has 5 heteroatoms. The zero-order valence-electron chi connectivity index (χ0n) is 16.6. The number of nitrogens with one attached hydrogen (secondary N) is 1. The zero-order chi connectivity index (χ0) is 20.5. The van der Waals surface area contributed by atoms with E-state index >= 15 is 0 Å². The average molecular weight is 438 g/mol. The van der Waals surface area contributed by atoms with Gasteiger partial charge in [-0.3, -0.25) is 4.79 Å². The number of halogens is 1. The summed E-state index contributed by atoms with van der Waals surface area (Å²) in [7, 11) is 2.12. The molecular weight excluding hydrogens is 414 g/mol. The summed E-state index contributed by atoms with van der Waals surface area (Å²) in [6.45, 7) is 6.73. The Morgan fingerprint density at radius 1 is 1.32 bits per heavy atom. The van der Waals surface area contributed by atoms with E-state index in [1.807, 2.05) is 24.3 Å². The van der Waals surface area contributed by atoms with E-state index in [1.165, 1.54) is 11.3 Å². The molecule has 0 bridgehead atoms. The van der Waals surface area contributed by atoms with E-state index in [0.717, 1.165) is 16.5 Å². The van der Waals surface area contributed by atoms with Crippen LogP contribution in [-0.4, -0.2) is 18.5 Å². The second-order valence-corrected chi connectivity index (χ2v) is 8.84. The molecule has 1 aliphatic heterocycles. The molecule has 2 aromatic carbocycles. The number of carbonyl (C=O) groups excluding carboxylic acids is 1. The Hall–Kier alpha value is -2.58. The fourth-order valence-electron chi connectivity index (χ4n) is 3.77. The third-order valence-electron chi connectivity index (χ3n) is 5.42. The topological polar surface area (TPSA) is 56.1 Å². The van der Waals surface area contributed by atoms with Crippen molar-refractivity contribution in [3.05, 3.63) is 63.6 Å². The van der Waals surface area contributed by atoms with Crippen LogP contribution in [-0.2, 0) is 4.79 Å². The van der Waals surface area contributed by atoms with Crippen molar-refractivity contribution in [3.8, 4) is 6.07 Å². The molecule has 0 spiro atoms. The van der Waals surface area contributed by atoms with Crippen molar-refractivity contribution in [1.82, 2.24) is 0 Å². The predicted octanol–water partition coefficient (Wildman–Crippen LogP) is 5.72. The molecule has 4 nitrogen and oxygen atoms in total. The van der Waals surface area contributed by atoms with Crippen LogP contribution in [0.15, 0.2) is 52.5 Å². The number of hydrogen-bond donors (Lipinski definition) is 1. The summed E-state index contributed by atoms with van der Waals surface area (Å²) >= 11 is 3.38. The van der Waals surface area contributed by atoms with Crippen molar-refractivity contribution < 1.29 is 4.79 Å². The summed E-state index contributed by atoms with van der Waals surface area (Å²) in [4.78, 5) is 14.8. The van der Waals surface area contributed by atoms with Gasteiger partial charge in [-0.25, -0.2) is 0 Å². The molecule has 1 heterocycles. The van der Waals surface area contributed by atoms with Crippen molar-refractivity contribution >= 4 is 39.3 Å². The Labute approximate surface area is 175 Å². The summed E-state index contributed by atoms with van der Waals surface area (Å²) < 4.78 is 0.864. The second-order valence-electron chi connectivity index (χ2n) is 7.93. The fourth-order valence-corrected chi connectivity index (χ4v) is 4.16. The molecule has 0 aliphatic carbocycles. The Morgan fingerprint density at radius 3 is 2.75 bits per heavy atom. The van der Waals surface area contributed by atoms with Crippen LogP contribution >= 0.6 is 15.9 Å². The SMILES string of the molecule is CC1CC(C)(C)N(C)c2ccc(/C=C(/C#N)C(=O)Nc3cccc(Br)c3)cc21. The molecule has 0 saturated heterocycles. The lowest BCUT2D eigenvalue weighted by molar-refractivity contribution is -0.112. The van der Waals surface area contributed by atoms with Crippen molar-refractivity contribution in [2.45, 2.75) is 38.6 Å². The number of carbonyl (C=O) groups is 1. The van der Waals surface area contributed by atoms with Gasteiger partial charge in [0.05, 0.1) is 0 Å². The summed E-state index contributed by atoms with van der Waals surface area (Å²) in [6.07, 6.45) is 2.71. The van der Waals surface area contributed by atoms with Gasteiger partial charge in [0.25, 0.3) is 5.91 Å². The number of fused-ring (bicyclic) bond motifs is 1. The molecule has 0 saturated carbocycles. The van der Waals surface area contributed by atoms with Gasteiger partial charge in [-0.15, -0.1) is 0 Å². The Kier molecular flexibility index (Phi) is 5.62. The molecule has 28 heavy (non-hydrogen) atoms. The maximum absolute atomic E-state index is 12.5. The highest BCUT2D eigenvalue weighted by Gasteiger charge is 2.33. The predicted molar refractivity (Wildman–Crippen MR) is 118 cm³/mol. The zero-order valence-corrected chi connectivity index (χ0v) is 18.2. The van der Waals surface area contributed by atoms with Gasteiger partial charge in [0.1, 0.15) is 11.6 Å². The number of nitriles is 1. The maximum Gasteiger partial charge on any atom is 0.266 e. The van der Waals surface area contributed by atoms with Gasteiger partial charge in [-0.2, -0.15) is 5.26 Å². The van der Waals surface area contributed by atoms with E-state index in [4.69, 9.17) is 0 Å². The maximum atomic E-state index is 12.5. The van der Waals surface area contributed by atoms with E-state index in [-0.39, 0.29) is 11.1 Å². The number of benzene rings is 2. The van der Waals surface area contributed by atoms with Gasteiger partial charge in [-0.1, -0.05) is 35.0 Å². The lowest BCUT2D eigenvalue weighted by atomic mass is 9.80. The number of rotatable bonds is 3. The van der Waals surface area contributed by atoms with Crippen LogP contribution in [0.1, 0.15) is 44.2 Å². The van der Waals surface area contributed by atoms with Gasteiger partial charge in [0.2, 0.25) is 0 Å². The van der Waals surface area contributed by atoms with Crippen molar-refractivity contribution in [3.63, 3.8) is 0 Å². The van der Waals surface area contributed by atoms with E-state index in [1.54, 1.807) is 18.2 Å². The average Bonchev–Trinajstić information content (AvgIpc) is 2.64. The van der Waals surface area contributed by atoms with Crippen LogP contribution in [0.2, 0.25) is 0 Å². The van der Waals surface area contributed by atoms with Crippen LogP contribution in [0, 0.1) is 11.3 Å². The van der Waals surface area contributed by atoms with Crippen LogP contribution in [0.3, 0.4) is 0 Å². The normalized spacial score (nSPS) is 18.2. The Bertz CT molecular complexity index is 988. The van der Waals surface area contributed by atoms with E-state index in [2.05, 4.69) is 66.1 Å². The molecule has 0 aromatic heterocycles. The quantitative estimate of drug-likeness (QED) is 0.493. The largest absolute Gasteiger partial charge is 0.369 e. The van der Waals surface area contributed by atoms with Crippen LogP contribution < -0.4 is 10.2 Å². The molecule has 1 N–H and O–H groups in total. The van der Waals surface area contributed by atoms with E-state index < -0.39 is 5.91 Å². The highest BCUT2D eigenvalue weighted by molar-refractivity contribution is 9.10. The van der Waals surface area contributed by atoms with Gasteiger partial charge in [0.15, 0.2) is 0 Å². The van der Waals surface area contributed by atoms with Crippen LogP contribution in [0.4, 0.5) is 11.4 Å². The smallest absolute Gasteiger partial charge is 0.266 e. The first kappa shape index (κ1) is 20.2. The molecule has 144 valence electrons. The molecule has 1 amide bonds. The summed E-state index contributed by atoms with van der Waals surface area (Å²) in [5, 5.41) is 12.3. The number of hydrogen-bond acceptors (Lipinski definition) is 3. The minimum absolute atomic E-state index is 0.0806. The third-order valence-corrected chi connectivity index (χ3v) is 5.91. The standard InChI is InChI=1S/C23H24BrN3O/c1-15-13-23(2,3)27(4)21-9-8-16(11-20(15)21)10-17(14-25)22(28)26-19-7-5-6-18(24)12-19/h5-12,15H,13H2,1-4H3,(H,26,28)/b17-10-. The molecular formula is C23H24BrN3O. The number of nitrogens with zero attached hydrogens (tertiary/aromatic N) is 2. The Balaban J connectivity index is 1.88. The van der Waals surface area contributed by atoms with Crippen molar-refractivity contribution in [1.29, 1.82) is 5.26 Å². The summed E-state index contributed by atoms with van der Waals surface area (Å²) in [5.41, 5.74) is 4.14. The highest BCUT2D eigenvalue weighted by atomic mass is 79.9. The van der Waals surface area contributed by atoms with Crippen molar-refractivity contribution in [2.24, 2.45) is 0 Å². The van der Waals surface area contributed by atoms with Crippen LogP contribution in [0.5, 0.6) is 0 Å². The molecule has 1 unspecified atom stereocenters. The highest BCUT2D eigenvalue weighted by Crippen LogP contribution is 2.42. The fraction of sp³-hybridized carbons (Fsp3) is 0.304. The van der Waals surface area contributed by atoms with Gasteiger partial charge in [0, 0.05) is 28.4 Å².